The lowest BCUT2D eigenvalue weighted by Crippen LogP contribution is -2.69. The van der Waals surface area contributed by atoms with Crippen LogP contribution in [0.1, 0.15) is 20.8 Å². The van der Waals surface area contributed by atoms with E-state index in [1.54, 1.807) is 0 Å². The van der Waals surface area contributed by atoms with E-state index in [-0.39, 0.29) is 0 Å². The zero-order valence-electron chi connectivity index (χ0n) is 35.1. The molecule has 0 unspecified atom stereocenters. The van der Waals surface area contributed by atoms with Crippen molar-refractivity contribution < 1.29 is 129 Å². The number of hydrogen-bond donors (Lipinski definition) is 17. The molecule has 5 rings (SSSR count). The minimum Gasteiger partial charge on any atom is -0.394 e. The predicted octanol–water partition coefficient (Wildman–Crippen LogP) is -11.5. The second-order valence-corrected chi connectivity index (χ2v) is 16.2. The zero-order chi connectivity index (χ0) is 48.2. The third-order valence-corrected chi connectivity index (χ3v) is 11.5. The van der Waals surface area contributed by atoms with Crippen molar-refractivity contribution in [2.24, 2.45) is 0 Å². The topological polar surface area (TPSA) is 454 Å². The summed E-state index contributed by atoms with van der Waals surface area (Å²) >= 11 is 0. The molecule has 25 atom stereocenters. The van der Waals surface area contributed by atoms with Gasteiger partial charge in [0.25, 0.3) is 0 Å². The first-order valence-corrected chi connectivity index (χ1v) is 20.6. The van der Waals surface area contributed by atoms with E-state index in [1.807, 2.05) is 0 Å². The first kappa shape index (κ1) is 53.4. The number of aliphatic hydroxyl groups excluding tert-OH is 14. The fraction of sp³-hybridized carbons (Fsp3) is 0.917. The van der Waals surface area contributed by atoms with Crippen molar-refractivity contribution in [1.82, 2.24) is 16.0 Å². The van der Waals surface area contributed by atoms with Crippen LogP contribution >= 0.6 is 0 Å². The van der Waals surface area contributed by atoms with Crippen LogP contribution in [0.15, 0.2) is 0 Å². The minimum atomic E-state index is -2.09. The Morgan fingerprint density at radius 3 is 1.32 bits per heavy atom. The Kier molecular flexibility index (Phi) is 19.1. The van der Waals surface area contributed by atoms with Gasteiger partial charge in [-0.05, 0) is 0 Å². The van der Waals surface area contributed by atoms with Crippen molar-refractivity contribution in [1.29, 1.82) is 0 Å². The van der Waals surface area contributed by atoms with Crippen molar-refractivity contribution in [3.05, 3.63) is 0 Å². The summed E-state index contributed by atoms with van der Waals surface area (Å²) in [6.45, 7) is -1.11. The molecule has 5 saturated heterocycles. The molecular weight excluding hydrogens is 890 g/mol. The number of carbonyl (C=O) groups is 3. The molecule has 65 heavy (non-hydrogen) atoms. The van der Waals surface area contributed by atoms with Gasteiger partial charge in [-0.1, -0.05) is 0 Å². The van der Waals surface area contributed by atoms with Gasteiger partial charge < -0.3 is 130 Å². The summed E-state index contributed by atoms with van der Waals surface area (Å²) in [5.74, 6) is -2.20. The number of amides is 3. The van der Waals surface area contributed by atoms with Crippen LogP contribution in [0.25, 0.3) is 0 Å². The van der Waals surface area contributed by atoms with Crippen molar-refractivity contribution in [2.45, 2.75) is 174 Å². The van der Waals surface area contributed by atoms with Crippen LogP contribution in [0.5, 0.6) is 0 Å². The molecule has 5 aliphatic heterocycles. The first-order valence-electron chi connectivity index (χ1n) is 20.6. The summed E-state index contributed by atoms with van der Waals surface area (Å²) in [7, 11) is 0. The van der Waals surface area contributed by atoms with Crippen LogP contribution in [0.4, 0.5) is 0 Å². The highest BCUT2D eigenvalue weighted by Gasteiger charge is 2.56. The summed E-state index contributed by atoms with van der Waals surface area (Å²) in [4.78, 5) is 36.3. The molecule has 17 N–H and O–H groups in total. The van der Waals surface area contributed by atoms with Gasteiger partial charge in [-0.2, -0.15) is 0 Å². The molecule has 0 radical (unpaired) electrons. The smallest absolute Gasteiger partial charge is 0.217 e. The fourth-order valence-electron chi connectivity index (χ4n) is 8.14. The molecule has 5 heterocycles. The summed E-state index contributed by atoms with van der Waals surface area (Å²) in [6, 6.07) is -4.66. The number of ether oxygens (including phenoxy) is 9. The maximum Gasteiger partial charge on any atom is 0.217 e. The van der Waals surface area contributed by atoms with Gasteiger partial charge in [0, 0.05) is 20.8 Å². The van der Waals surface area contributed by atoms with E-state index >= 15 is 0 Å². The van der Waals surface area contributed by atoms with Crippen LogP contribution in [0, 0.1) is 0 Å². The predicted molar refractivity (Wildman–Crippen MR) is 201 cm³/mol. The lowest BCUT2D eigenvalue weighted by Gasteiger charge is -2.49. The summed E-state index contributed by atoms with van der Waals surface area (Å²) < 4.78 is 51.1. The number of nitrogens with one attached hydrogen (secondary N) is 3. The van der Waals surface area contributed by atoms with E-state index in [4.69, 9.17) is 42.6 Å². The SMILES string of the molecule is CC(=O)N[C@@H]1[C@@H](O[C@@H]2O[C@H](CO)[C@H](O)[C@H](O)[C@H]2O)[C@@H](O)[C@@H](CO[C@@H]2O[C@H](CO)[C@@H](O[C@@H]3O[C@H](CO)[C@H](O[C@@H]4O[C@H](CO)[C@@H](O)[C@H](O)[C@H]4NC(C)=O)[C@H](O)[C@H]3O)[C@H](O)[C@H]2NC(C)=O)O[C@@H]1O. The van der Waals surface area contributed by atoms with E-state index in [9.17, 15) is 85.9 Å². The number of carbonyl (C=O) groups excluding carboxylic acids is 3. The highest BCUT2D eigenvalue weighted by Crippen LogP contribution is 2.34. The maximum atomic E-state index is 12.4. The Bertz CT molecular complexity index is 1550. The Morgan fingerprint density at radius 2 is 0.800 bits per heavy atom. The van der Waals surface area contributed by atoms with Gasteiger partial charge in [-0.3, -0.25) is 14.4 Å². The first-order chi connectivity index (χ1) is 30.7. The molecule has 0 spiro atoms. The molecule has 0 aromatic carbocycles. The number of aliphatic hydroxyl groups is 14. The molecule has 5 fully saturated rings. The Labute approximate surface area is 369 Å². The van der Waals surface area contributed by atoms with Gasteiger partial charge in [0.1, 0.15) is 122 Å². The Balaban J connectivity index is 1.30. The van der Waals surface area contributed by atoms with Crippen LogP contribution in [0.3, 0.4) is 0 Å². The molecule has 3 amide bonds. The average Bonchev–Trinajstić information content (AvgIpc) is 3.26. The van der Waals surface area contributed by atoms with Gasteiger partial charge in [-0.25, -0.2) is 0 Å². The van der Waals surface area contributed by atoms with Crippen molar-refractivity contribution >= 4 is 17.7 Å². The minimum absolute atomic E-state index is 0.700. The molecule has 5 aliphatic rings. The molecule has 0 saturated carbocycles. The summed E-state index contributed by atoms with van der Waals surface area (Å²) in [5.41, 5.74) is 0. The molecule has 29 heteroatoms. The normalized spacial score (nSPS) is 47.1. The molecule has 0 bridgehead atoms. The molecule has 29 nitrogen and oxygen atoms in total. The number of hydrogen-bond acceptors (Lipinski definition) is 26. The van der Waals surface area contributed by atoms with Crippen LogP contribution < -0.4 is 16.0 Å². The van der Waals surface area contributed by atoms with E-state index in [2.05, 4.69) is 16.0 Å². The molecule has 0 aromatic rings. The largest absolute Gasteiger partial charge is 0.394 e. The van der Waals surface area contributed by atoms with Gasteiger partial charge in [0.15, 0.2) is 31.5 Å². The highest BCUT2D eigenvalue weighted by molar-refractivity contribution is 5.74. The van der Waals surface area contributed by atoms with Crippen LogP contribution in [-0.4, -0.2) is 276 Å². The lowest BCUT2D eigenvalue weighted by molar-refractivity contribution is -0.370. The second-order valence-electron chi connectivity index (χ2n) is 16.2. The van der Waals surface area contributed by atoms with Gasteiger partial charge in [-0.15, -0.1) is 0 Å². The van der Waals surface area contributed by atoms with Crippen molar-refractivity contribution in [3.63, 3.8) is 0 Å². The second kappa shape index (κ2) is 23.2. The van der Waals surface area contributed by atoms with Crippen LogP contribution in [0.2, 0.25) is 0 Å². The molecule has 0 aromatic heterocycles. The monoisotopic (exact) mass is 951 g/mol. The van der Waals surface area contributed by atoms with E-state index < -0.39 is 204 Å². The molecule has 0 aliphatic carbocycles. The Morgan fingerprint density at radius 1 is 0.400 bits per heavy atom. The van der Waals surface area contributed by atoms with Crippen molar-refractivity contribution in [2.75, 3.05) is 33.0 Å². The summed E-state index contributed by atoms with van der Waals surface area (Å²) in [6.07, 6.45) is -39.1. The standard InChI is InChI=1S/C36H61N3O26/c1-9(44)37-17-23(50)20(47)12(4-40)59-34(17)63-30-15(7-43)62-36(28(55)26(30)53)64-29-14(6-42)61-33(18(24(29)51)38-10(2)45)57-8-16-22(49)31(19(32(56)58-16)39-11(3)46)65-35-27(54)25(52)21(48)13(5-41)60-35/h12-36,40-43,47-56H,4-8H2,1-3H3,(H,37,44)(H,38,45)(H,39,46)/t12-,13-,14-,15-,16-,17-,18-,19-,20-,21+,22+,23-,24-,25+,26-,27-,28-,29-,30+,31-,32+,33-,34+,35+,36+/m1/s1. The van der Waals surface area contributed by atoms with Gasteiger partial charge in [0.2, 0.25) is 17.7 Å². The van der Waals surface area contributed by atoms with Crippen LogP contribution in [-0.2, 0) is 57.0 Å². The zero-order valence-corrected chi connectivity index (χ0v) is 35.1. The third-order valence-electron chi connectivity index (χ3n) is 11.5. The molecular formula is C36H61N3O26. The van der Waals surface area contributed by atoms with E-state index in [1.165, 1.54) is 0 Å². The average molecular weight is 952 g/mol. The van der Waals surface area contributed by atoms with E-state index in [0.717, 1.165) is 20.8 Å². The quantitative estimate of drug-likeness (QED) is 0.0683. The van der Waals surface area contributed by atoms with E-state index in [0.29, 0.717) is 0 Å². The molecule has 376 valence electrons. The Hall–Kier alpha value is -2.51. The third kappa shape index (κ3) is 12.0. The highest BCUT2D eigenvalue weighted by atomic mass is 16.8. The lowest BCUT2D eigenvalue weighted by atomic mass is 9.94. The van der Waals surface area contributed by atoms with Gasteiger partial charge in [0.05, 0.1) is 33.0 Å². The number of rotatable bonds is 16. The van der Waals surface area contributed by atoms with Gasteiger partial charge >= 0.3 is 0 Å². The fourth-order valence-corrected chi connectivity index (χ4v) is 8.14. The van der Waals surface area contributed by atoms with Crippen molar-refractivity contribution in [3.8, 4) is 0 Å². The summed E-state index contributed by atoms with van der Waals surface area (Å²) in [5, 5.41) is 155. The maximum absolute atomic E-state index is 12.4.